The van der Waals surface area contributed by atoms with Crippen molar-refractivity contribution in [3.8, 4) is 5.75 Å². The molecule has 1 aliphatic carbocycles. The Morgan fingerprint density at radius 2 is 1.82 bits per heavy atom. The number of para-hydroxylation sites is 2. The zero-order valence-corrected chi connectivity index (χ0v) is 16.5. The summed E-state index contributed by atoms with van der Waals surface area (Å²) in [7, 11) is 1.39. The van der Waals surface area contributed by atoms with Gasteiger partial charge in [0.25, 0.3) is 0 Å². The highest BCUT2D eigenvalue weighted by molar-refractivity contribution is 6.20. The molecule has 0 aliphatic heterocycles. The lowest BCUT2D eigenvalue weighted by molar-refractivity contribution is -0.144. The van der Waals surface area contributed by atoms with Gasteiger partial charge < -0.3 is 9.47 Å². The van der Waals surface area contributed by atoms with Crippen LogP contribution in [0, 0.1) is 6.92 Å². The minimum atomic E-state index is -1.03. The fourth-order valence-electron chi connectivity index (χ4n) is 3.59. The summed E-state index contributed by atoms with van der Waals surface area (Å²) in [5.41, 5.74) is 2.92. The molecule has 1 aliphatic rings. The molecule has 0 bridgehead atoms. The molecule has 0 amide bonds. The molecular weight excluding hydrogens is 354 g/mol. The molecule has 0 spiro atoms. The van der Waals surface area contributed by atoms with Gasteiger partial charge in [0.05, 0.1) is 12.8 Å². The van der Waals surface area contributed by atoms with Crippen LogP contribution >= 0.6 is 0 Å². The van der Waals surface area contributed by atoms with E-state index in [0.29, 0.717) is 23.6 Å². The first-order valence-corrected chi connectivity index (χ1v) is 9.06. The molecule has 0 N–H and O–H groups in total. The van der Waals surface area contributed by atoms with Gasteiger partial charge in [0.1, 0.15) is 11.1 Å². The number of nitrogens with zero attached hydrogens (tertiary/aromatic N) is 1. The molecule has 2 aromatic carbocycles. The number of aryl methyl sites for hydroxylation is 1. The molecule has 0 saturated heterocycles. The first-order valence-electron chi connectivity index (χ1n) is 9.06. The van der Waals surface area contributed by atoms with E-state index in [2.05, 4.69) is 0 Å². The molecule has 0 radical (unpaired) electrons. The Labute approximate surface area is 164 Å². The highest BCUT2D eigenvalue weighted by atomic mass is 16.5. The summed E-state index contributed by atoms with van der Waals surface area (Å²) in [5, 5.41) is 0. The zero-order chi connectivity index (χ0) is 20.3. The van der Waals surface area contributed by atoms with E-state index in [1.54, 1.807) is 18.2 Å². The van der Waals surface area contributed by atoms with Crippen molar-refractivity contribution in [2.75, 3.05) is 7.11 Å². The number of carbonyl (C=O) groups excluding carboxylic acids is 2. The number of rotatable bonds is 4. The number of aliphatic imine (C=N–C) groups is 1. The lowest BCUT2D eigenvalue weighted by atomic mass is 9.75. The summed E-state index contributed by atoms with van der Waals surface area (Å²) < 4.78 is 10.5. The Bertz CT molecular complexity index is 990. The van der Waals surface area contributed by atoms with Crippen LogP contribution in [0.4, 0.5) is 5.69 Å². The first kappa shape index (κ1) is 19.5. The van der Waals surface area contributed by atoms with Gasteiger partial charge in [0, 0.05) is 6.92 Å². The highest BCUT2D eigenvalue weighted by Crippen LogP contribution is 2.42. The van der Waals surface area contributed by atoms with Crippen LogP contribution < -0.4 is 4.74 Å². The van der Waals surface area contributed by atoms with Gasteiger partial charge in [-0.1, -0.05) is 47.5 Å². The minimum absolute atomic E-state index is 0.350. The Hall–Kier alpha value is -3.21. The Kier molecular flexibility index (Phi) is 5.45. The van der Waals surface area contributed by atoms with Crippen LogP contribution in [-0.4, -0.2) is 24.8 Å². The maximum atomic E-state index is 13.0. The topological polar surface area (TPSA) is 65.0 Å². The number of ether oxygens (including phenoxy) is 2. The molecule has 28 heavy (non-hydrogen) atoms. The Morgan fingerprint density at radius 1 is 1.07 bits per heavy atom. The van der Waals surface area contributed by atoms with Gasteiger partial charge in [0.2, 0.25) is 0 Å². The third-order valence-electron chi connectivity index (χ3n) is 4.77. The summed E-state index contributed by atoms with van der Waals surface area (Å²) in [6.07, 6.45) is 2.39. The second-order valence-corrected chi connectivity index (χ2v) is 6.99. The molecule has 0 saturated carbocycles. The maximum Gasteiger partial charge on any atom is 0.322 e. The molecule has 3 rings (SSSR count). The van der Waals surface area contributed by atoms with E-state index in [0.717, 1.165) is 16.7 Å². The smallest absolute Gasteiger partial charge is 0.322 e. The van der Waals surface area contributed by atoms with E-state index in [9.17, 15) is 9.59 Å². The summed E-state index contributed by atoms with van der Waals surface area (Å²) >= 11 is 0. The van der Waals surface area contributed by atoms with E-state index in [4.69, 9.17) is 14.5 Å². The predicted octanol–water partition coefficient (Wildman–Crippen LogP) is 4.45. The summed E-state index contributed by atoms with van der Waals surface area (Å²) in [5.74, 6) is -0.443. The van der Waals surface area contributed by atoms with Crippen molar-refractivity contribution in [1.82, 2.24) is 0 Å². The molecule has 1 unspecified atom stereocenters. The first-order chi connectivity index (χ1) is 13.4. The number of benzene rings is 2. The molecular formula is C23H23NO4. The standard InChI is InChI=1S/C23H23NO4/c1-15-8-7-9-18(12-15)23(22(26)27-4)14-16(2)13-21(23)24-19-10-5-6-11-20(19)28-17(3)25/h5-13H,14H2,1-4H3. The van der Waals surface area contributed by atoms with Crippen LogP contribution in [0.25, 0.3) is 0 Å². The predicted molar refractivity (Wildman–Crippen MR) is 108 cm³/mol. The van der Waals surface area contributed by atoms with Crippen LogP contribution in [0.1, 0.15) is 31.4 Å². The van der Waals surface area contributed by atoms with Gasteiger partial charge in [-0.25, -0.2) is 4.99 Å². The number of hydrogen-bond acceptors (Lipinski definition) is 5. The fraction of sp³-hybridized carbons (Fsp3) is 0.261. The third kappa shape index (κ3) is 3.60. The van der Waals surface area contributed by atoms with Crippen LogP contribution in [0.15, 0.2) is 65.2 Å². The number of hydrogen-bond donors (Lipinski definition) is 0. The zero-order valence-electron chi connectivity index (χ0n) is 16.5. The van der Waals surface area contributed by atoms with E-state index in [1.165, 1.54) is 14.0 Å². The Morgan fingerprint density at radius 3 is 2.50 bits per heavy atom. The van der Waals surface area contributed by atoms with Gasteiger partial charge in [-0.3, -0.25) is 9.59 Å². The monoisotopic (exact) mass is 377 g/mol. The maximum absolute atomic E-state index is 13.0. The SMILES string of the molecule is COC(=O)C1(c2cccc(C)c2)CC(C)=CC1=Nc1ccccc1OC(C)=O. The summed E-state index contributed by atoms with van der Waals surface area (Å²) in [6, 6.07) is 14.8. The summed E-state index contributed by atoms with van der Waals surface area (Å²) in [4.78, 5) is 29.2. The number of allylic oxidation sites excluding steroid dienone is 2. The third-order valence-corrected chi connectivity index (χ3v) is 4.77. The largest absolute Gasteiger partial charge is 0.468 e. The molecule has 5 heteroatoms. The number of methoxy groups -OCH3 is 1. The van der Waals surface area contributed by atoms with Gasteiger partial charge in [0.15, 0.2) is 5.75 Å². The minimum Gasteiger partial charge on any atom is -0.468 e. The normalized spacial score (nSPS) is 20.0. The van der Waals surface area contributed by atoms with Crippen molar-refractivity contribution in [2.45, 2.75) is 32.6 Å². The van der Waals surface area contributed by atoms with E-state index < -0.39 is 11.4 Å². The molecule has 0 fully saturated rings. The van der Waals surface area contributed by atoms with Gasteiger partial charge in [-0.05, 0) is 44.0 Å². The van der Waals surface area contributed by atoms with Crippen molar-refractivity contribution in [2.24, 2.45) is 4.99 Å². The number of esters is 2. The van der Waals surface area contributed by atoms with Crippen LogP contribution in [0.5, 0.6) is 5.75 Å². The average Bonchev–Trinajstić information content (AvgIpc) is 2.99. The van der Waals surface area contributed by atoms with Crippen molar-refractivity contribution in [3.63, 3.8) is 0 Å². The lowest BCUT2D eigenvalue weighted by Gasteiger charge is -2.28. The number of carbonyl (C=O) groups is 2. The average molecular weight is 377 g/mol. The van der Waals surface area contributed by atoms with Crippen LogP contribution in [0.2, 0.25) is 0 Å². The van der Waals surface area contributed by atoms with E-state index >= 15 is 0 Å². The van der Waals surface area contributed by atoms with Crippen molar-refractivity contribution in [1.29, 1.82) is 0 Å². The second kappa shape index (κ2) is 7.80. The quantitative estimate of drug-likeness (QED) is 0.583. The molecule has 144 valence electrons. The second-order valence-electron chi connectivity index (χ2n) is 6.99. The lowest BCUT2D eigenvalue weighted by Crippen LogP contribution is -2.41. The molecule has 2 aromatic rings. The molecule has 5 nitrogen and oxygen atoms in total. The fourth-order valence-corrected chi connectivity index (χ4v) is 3.59. The van der Waals surface area contributed by atoms with Crippen LogP contribution in [-0.2, 0) is 19.7 Å². The van der Waals surface area contributed by atoms with E-state index in [-0.39, 0.29) is 5.97 Å². The van der Waals surface area contributed by atoms with Gasteiger partial charge >= 0.3 is 11.9 Å². The summed E-state index contributed by atoms with van der Waals surface area (Å²) in [6.45, 7) is 5.29. The van der Waals surface area contributed by atoms with Crippen LogP contribution in [0.3, 0.4) is 0 Å². The van der Waals surface area contributed by atoms with Crippen molar-refractivity contribution >= 4 is 23.3 Å². The van der Waals surface area contributed by atoms with Crippen molar-refractivity contribution in [3.05, 3.63) is 71.3 Å². The molecule has 1 atom stereocenters. The molecule has 0 heterocycles. The Balaban J connectivity index is 2.21. The van der Waals surface area contributed by atoms with Gasteiger partial charge in [-0.2, -0.15) is 0 Å². The highest BCUT2D eigenvalue weighted by Gasteiger charge is 2.49. The van der Waals surface area contributed by atoms with Crippen molar-refractivity contribution < 1.29 is 19.1 Å². The molecule has 0 aromatic heterocycles. The van der Waals surface area contributed by atoms with Gasteiger partial charge in [-0.15, -0.1) is 0 Å². The van der Waals surface area contributed by atoms with E-state index in [1.807, 2.05) is 50.3 Å².